The van der Waals surface area contributed by atoms with Crippen molar-refractivity contribution in [2.75, 3.05) is 0 Å². The first-order chi connectivity index (χ1) is 7.99. The Morgan fingerprint density at radius 2 is 2.24 bits per heavy atom. The van der Waals surface area contributed by atoms with Gasteiger partial charge in [-0.1, -0.05) is 5.57 Å². The zero-order valence-corrected chi connectivity index (χ0v) is 10.1. The van der Waals surface area contributed by atoms with Crippen molar-refractivity contribution < 1.29 is 8.81 Å². The number of aryl methyl sites for hydroxylation is 1. The molecule has 1 aromatic heterocycles. The molecule has 0 saturated heterocycles. The first-order valence-electron chi connectivity index (χ1n) is 5.57. The third-order valence-corrected chi connectivity index (χ3v) is 2.84. The van der Waals surface area contributed by atoms with E-state index in [4.69, 9.17) is 10.2 Å². The quantitative estimate of drug-likeness (QED) is 0.818. The number of benzene rings is 1. The molecule has 2 aromatic rings. The van der Waals surface area contributed by atoms with Crippen molar-refractivity contribution in [3.8, 4) is 0 Å². The molecule has 0 bridgehead atoms. The van der Waals surface area contributed by atoms with E-state index in [1.54, 1.807) is 6.07 Å². The van der Waals surface area contributed by atoms with Crippen LogP contribution >= 0.6 is 0 Å². The van der Waals surface area contributed by atoms with Crippen LogP contribution in [0, 0.1) is 12.7 Å². The Hall–Kier alpha value is -1.61. The summed E-state index contributed by atoms with van der Waals surface area (Å²) in [5, 5.41) is 0.789. The van der Waals surface area contributed by atoms with E-state index in [-0.39, 0.29) is 11.9 Å². The summed E-state index contributed by atoms with van der Waals surface area (Å²) in [5.41, 5.74) is 8.64. The highest BCUT2D eigenvalue weighted by Crippen LogP contribution is 2.31. The molecule has 1 atom stereocenters. The third-order valence-electron chi connectivity index (χ3n) is 2.84. The zero-order chi connectivity index (χ0) is 12.6. The fourth-order valence-corrected chi connectivity index (χ4v) is 2.03. The van der Waals surface area contributed by atoms with E-state index < -0.39 is 0 Å². The average molecular weight is 233 g/mol. The fraction of sp³-hybridized carbons (Fsp3) is 0.286. The molecule has 1 heterocycles. The van der Waals surface area contributed by atoms with Crippen LogP contribution in [0.25, 0.3) is 11.0 Å². The van der Waals surface area contributed by atoms with Crippen molar-refractivity contribution in [3.63, 3.8) is 0 Å². The van der Waals surface area contributed by atoms with Gasteiger partial charge in [0.2, 0.25) is 0 Å². The van der Waals surface area contributed by atoms with E-state index in [0.29, 0.717) is 17.8 Å². The lowest BCUT2D eigenvalue weighted by Crippen LogP contribution is -2.10. The van der Waals surface area contributed by atoms with Crippen LogP contribution in [-0.2, 0) is 0 Å². The standard InChI is InChI=1S/C14H16FNO/c1-8(2)6-12(16)14-9(3)11-7-10(15)4-5-13(11)17-14/h4-5,7,12H,1,6,16H2,2-3H3. The van der Waals surface area contributed by atoms with Gasteiger partial charge in [-0.05, 0) is 38.5 Å². The van der Waals surface area contributed by atoms with Crippen LogP contribution in [0.5, 0.6) is 0 Å². The second-order valence-electron chi connectivity index (χ2n) is 4.50. The average Bonchev–Trinajstić information content (AvgIpc) is 2.55. The highest BCUT2D eigenvalue weighted by Gasteiger charge is 2.17. The van der Waals surface area contributed by atoms with Crippen molar-refractivity contribution in [2.24, 2.45) is 5.73 Å². The Bertz CT molecular complexity index is 571. The SMILES string of the molecule is C=C(C)CC(N)c1oc2ccc(F)cc2c1C. The van der Waals surface area contributed by atoms with Gasteiger partial charge in [-0.25, -0.2) is 4.39 Å². The fourth-order valence-electron chi connectivity index (χ4n) is 2.03. The Balaban J connectivity index is 2.48. The van der Waals surface area contributed by atoms with Crippen LogP contribution in [0.3, 0.4) is 0 Å². The highest BCUT2D eigenvalue weighted by atomic mass is 19.1. The summed E-state index contributed by atoms with van der Waals surface area (Å²) in [4.78, 5) is 0. The number of nitrogens with two attached hydrogens (primary N) is 1. The molecule has 0 fully saturated rings. The van der Waals surface area contributed by atoms with E-state index in [9.17, 15) is 4.39 Å². The van der Waals surface area contributed by atoms with Gasteiger partial charge in [-0.2, -0.15) is 0 Å². The van der Waals surface area contributed by atoms with E-state index in [0.717, 1.165) is 16.5 Å². The number of hydrogen-bond donors (Lipinski definition) is 1. The molecule has 0 aliphatic heterocycles. The molecular formula is C14H16FNO. The second-order valence-corrected chi connectivity index (χ2v) is 4.50. The summed E-state index contributed by atoms with van der Waals surface area (Å²) >= 11 is 0. The van der Waals surface area contributed by atoms with Gasteiger partial charge in [0.1, 0.15) is 17.2 Å². The van der Waals surface area contributed by atoms with Gasteiger partial charge < -0.3 is 10.2 Å². The van der Waals surface area contributed by atoms with Crippen LogP contribution in [0.1, 0.15) is 30.7 Å². The zero-order valence-electron chi connectivity index (χ0n) is 10.1. The van der Waals surface area contributed by atoms with Crippen LogP contribution in [0.2, 0.25) is 0 Å². The predicted octanol–water partition coefficient (Wildman–Crippen LogP) is 3.85. The largest absolute Gasteiger partial charge is 0.459 e. The molecule has 0 amide bonds. The van der Waals surface area contributed by atoms with Gasteiger partial charge in [0.15, 0.2) is 0 Å². The molecule has 2 nitrogen and oxygen atoms in total. The lowest BCUT2D eigenvalue weighted by Gasteiger charge is -2.09. The van der Waals surface area contributed by atoms with Gasteiger partial charge in [0, 0.05) is 10.9 Å². The molecule has 17 heavy (non-hydrogen) atoms. The summed E-state index contributed by atoms with van der Waals surface area (Å²) in [6.45, 7) is 7.67. The van der Waals surface area contributed by atoms with Crippen molar-refractivity contribution in [2.45, 2.75) is 26.3 Å². The minimum absolute atomic E-state index is 0.219. The smallest absolute Gasteiger partial charge is 0.134 e. The van der Waals surface area contributed by atoms with Gasteiger partial charge in [0.25, 0.3) is 0 Å². The third kappa shape index (κ3) is 2.24. The van der Waals surface area contributed by atoms with Crippen molar-refractivity contribution in [1.82, 2.24) is 0 Å². The van der Waals surface area contributed by atoms with Gasteiger partial charge in [-0.15, -0.1) is 6.58 Å². The lowest BCUT2D eigenvalue weighted by molar-refractivity contribution is 0.489. The van der Waals surface area contributed by atoms with Crippen molar-refractivity contribution >= 4 is 11.0 Å². The molecule has 2 N–H and O–H groups in total. The van der Waals surface area contributed by atoms with Crippen LogP contribution in [0.4, 0.5) is 4.39 Å². The Labute approximate surface area is 99.9 Å². The molecule has 0 aliphatic rings. The minimum atomic E-state index is -0.263. The first kappa shape index (κ1) is 11.9. The van der Waals surface area contributed by atoms with E-state index >= 15 is 0 Å². The molecule has 0 radical (unpaired) electrons. The topological polar surface area (TPSA) is 39.2 Å². The first-order valence-corrected chi connectivity index (χ1v) is 5.57. The maximum Gasteiger partial charge on any atom is 0.134 e. The van der Waals surface area contributed by atoms with Crippen LogP contribution in [-0.4, -0.2) is 0 Å². The number of furan rings is 1. The maximum atomic E-state index is 13.2. The molecule has 0 saturated carbocycles. The van der Waals surface area contributed by atoms with E-state index in [2.05, 4.69) is 6.58 Å². The normalized spacial score (nSPS) is 12.9. The summed E-state index contributed by atoms with van der Waals surface area (Å²) in [6.07, 6.45) is 0.670. The summed E-state index contributed by atoms with van der Waals surface area (Å²) < 4.78 is 18.8. The lowest BCUT2D eigenvalue weighted by atomic mass is 10.0. The summed E-state index contributed by atoms with van der Waals surface area (Å²) in [6, 6.07) is 4.28. The number of rotatable bonds is 3. The molecule has 1 unspecified atom stereocenters. The number of halogens is 1. The summed E-state index contributed by atoms with van der Waals surface area (Å²) in [5.74, 6) is 0.454. The minimum Gasteiger partial charge on any atom is -0.459 e. The van der Waals surface area contributed by atoms with Gasteiger partial charge >= 0.3 is 0 Å². The Kier molecular flexibility index (Phi) is 3.03. The van der Waals surface area contributed by atoms with Crippen LogP contribution in [0.15, 0.2) is 34.8 Å². The maximum absolute atomic E-state index is 13.2. The Morgan fingerprint density at radius 1 is 1.53 bits per heavy atom. The van der Waals surface area contributed by atoms with Crippen LogP contribution < -0.4 is 5.73 Å². The van der Waals surface area contributed by atoms with E-state index in [1.807, 2.05) is 13.8 Å². The predicted molar refractivity (Wildman–Crippen MR) is 67.3 cm³/mol. The monoisotopic (exact) mass is 233 g/mol. The number of fused-ring (bicyclic) bond motifs is 1. The van der Waals surface area contributed by atoms with E-state index in [1.165, 1.54) is 12.1 Å². The summed E-state index contributed by atoms with van der Waals surface area (Å²) in [7, 11) is 0. The van der Waals surface area contributed by atoms with Gasteiger partial charge in [-0.3, -0.25) is 0 Å². The molecule has 0 aliphatic carbocycles. The second kappa shape index (κ2) is 4.34. The molecule has 3 heteroatoms. The molecule has 1 aromatic carbocycles. The van der Waals surface area contributed by atoms with Gasteiger partial charge in [0.05, 0.1) is 6.04 Å². The highest BCUT2D eigenvalue weighted by molar-refractivity contribution is 5.82. The van der Waals surface area contributed by atoms with Crippen molar-refractivity contribution in [3.05, 3.63) is 47.5 Å². The number of hydrogen-bond acceptors (Lipinski definition) is 2. The van der Waals surface area contributed by atoms with Crippen molar-refractivity contribution in [1.29, 1.82) is 0 Å². The Morgan fingerprint density at radius 3 is 2.88 bits per heavy atom. The molecule has 90 valence electrons. The molecular weight excluding hydrogens is 217 g/mol. The molecule has 2 rings (SSSR count). The molecule has 0 spiro atoms.